The Morgan fingerprint density at radius 1 is 1.32 bits per heavy atom. The SMILES string of the molecule is COc1cc(C)c2[nH]cc(C3CCCC(N)C3)c2c1. The van der Waals surface area contributed by atoms with Crippen molar-refractivity contribution in [2.45, 2.75) is 44.6 Å². The molecule has 1 aliphatic carbocycles. The summed E-state index contributed by atoms with van der Waals surface area (Å²) in [6, 6.07) is 4.58. The van der Waals surface area contributed by atoms with Gasteiger partial charge in [0.15, 0.2) is 0 Å². The Hall–Kier alpha value is -1.48. The number of benzene rings is 1. The second kappa shape index (κ2) is 4.89. The van der Waals surface area contributed by atoms with Crippen LogP contribution >= 0.6 is 0 Å². The maximum absolute atomic E-state index is 6.13. The van der Waals surface area contributed by atoms with E-state index >= 15 is 0 Å². The first-order chi connectivity index (χ1) is 9.19. The van der Waals surface area contributed by atoms with Gasteiger partial charge in [-0.15, -0.1) is 0 Å². The van der Waals surface area contributed by atoms with Crippen LogP contribution in [0.3, 0.4) is 0 Å². The smallest absolute Gasteiger partial charge is 0.119 e. The van der Waals surface area contributed by atoms with Gasteiger partial charge in [-0.1, -0.05) is 6.42 Å². The fourth-order valence-electron chi connectivity index (χ4n) is 3.37. The molecule has 0 bridgehead atoms. The van der Waals surface area contributed by atoms with Crippen LogP contribution in [0.1, 0.15) is 42.7 Å². The summed E-state index contributed by atoms with van der Waals surface area (Å²) in [6.45, 7) is 2.12. The van der Waals surface area contributed by atoms with E-state index in [1.807, 2.05) is 0 Å². The van der Waals surface area contributed by atoms with Crippen molar-refractivity contribution < 1.29 is 4.74 Å². The standard InChI is InChI=1S/C16H22N2O/c1-10-6-13(19-2)8-14-15(9-18-16(10)14)11-4-3-5-12(17)7-11/h6,8-9,11-12,18H,3-5,7,17H2,1-2H3. The van der Waals surface area contributed by atoms with Crippen molar-refractivity contribution in [2.24, 2.45) is 5.73 Å². The molecule has 0 radical (unpaired) electrons. The minimum absolute atomic E-state index is 0.357. The van der Waals surface area contributed by atoms with E-state index in [0.717, 1.165) is 12.2 Å². The molecule has 2 unspecified atom stereocenters. The Morgan fingerprint density at radius 3 is 2.89 bits per heavy atom. The molecular formula is C16H22N2O. The molecule has 2 aromatic rings. The average molecular weight is 258 g/mol. The second-order valence-electron chi connectivity index (χ2n) is 5.73. The molecule has 0 aliphatic heterocycles. The molecule has 2 atom stereocenters. The minimum atomic E-state index is 0.357. The third-order valence-corrected chi connectivity index (χ3v) is 4.38. The predicted octanol–water partition coefficient (Wildman–Crippen LogP) is 3.47. The molecule has 1 saturated carbocycles. The Labute approximate surface area is 114 Å². The molecule has 1 heterocycles. The molecule has 1 fully saturated rings. The van der Waals surface area contributed by atoms with E-state index in [2.05, 4.69) is 30.2 Å². The molecule has 3 rings (SSSR count). The number of hydrogen-bond donors (Lipinski definition) is 2. The van der Waals surface area contributed by atoms with Crippen LogP contribution in [0.2, 0.25) is 0 Å². The van der Waals surface area contributed by atoms with Crippen molar-refractivity contribution in [1.82, 2.24) is 4.98 Å². The summed E-state index contributed by atoms with van der Waals surface area (Å²) in [5.74, 6) is 1.52. The number of nitrogens with one attached hydrogen (secondary N) is 1. The highest BCUT2D eigenvalue weighted by atomic mass is 16.5. The molecule has 1 aliphatic rings. The van der Waals surface area contributed by atoms with Gasteiger partial charge in [-0.3, -0.25) is 0 Å². The van der Waals surface area contributed by atoms with Crippen LogP contribution in [0.5, 0.6) is 5.75 Å². The highest BCUT2D eigenvalue weighted by Gasteiger charge is 2.23. The lowest BCUT2D eigenvalue weighted by Crippen LogP contribution is -2.26. The summed E-state index contributed by atoms with van der Waals surface area (Å²) >= 11 is 0. The van der Waals surface area contributed by atoms with Gasteiger partial charge in [0.1, 0.15) is 5.75 Å². The van der Waals surface area contributed by atoms with Gasteiger partial charge >= 0.3 is 0 Å². The van der Waals surface area contributed by atoms with Crippen LogP contribution in [0, 0.1) is 6.92 Å². The van der Waals surface area contributed by atoms with E-state index < -0.39 is 0 Å². The van der Waals surface area contributed by atoms with Gasteiger partial charge in [-0.05, 0) is 55.4 Å². The van der Waals surface area contributed by atoms with Crippen molar-refractivity contribution in [3.05, 3.63) is 29.5 Å². The maximum atomic E-state index is 6.13. The van der Waals surface area contributed by atoms with Crippen molar-refractivity contribution in [1.29, 1.82) is 0 Å². The zero-order valence-electron chi connectivity index (χ0n) is 11.7. The largest absolute Gasteiger partial charge is 0.497 e. The molecule has 3 nitrogen and oxygen atoms in total. The summed E-state index contributed by atoms with van der Waals surface area (Å²) < 4.78 is 5.40. The fraction of sp³-hybridized carbons (Fsp3) is 0.500. The number of methoxy groups -OCH3 is 1. The molecule has 0 spiro atoms. The predicted molar refractivity (Wildman–Crippen MR) is 78.8 cm³/mol. The summed E-state index contributed by atoms with van der Waals surface area (Å²) in [6.07, 6.45) is 6.92. The zero-order valence-corrected chi connectivity index (χ0v) is 11.7. The normalized spacial score (nSPS) is 23.7. The number of H-pyrrole nitrogens is 1. The number of nitrogens with two attached hydrogens (primary N) is 1. The Morgan fingerprint density at radius 2 is 2.16 bits per heavy atom. The van der Waals surface area contributed by atoms with Crippen LogP contribution in [0.4, 0.5) is 0 Å². The second-order valence-corrected chi connectivity index (χ2v) is 5.73. The number of aryl methyl sites for hydroxylation is 1. The molecule has 0 saturated heterocycles. The van der Waals surface area contributed by atoms with E-state index in [4.69, 9.17) is 10.5 Å². The quantitative estimate of drug-likeness (QED) is 0.866. The highest BCUT2D eigenvalue weighted by molar-refractivity contribution is 5.88. The van der Waals surface area contributed by atoms with E-state index in [-0.39, 0.29) is 0 Å². The van der Waals surface area contributed by atoms with Gasteiger partial charge in [-0.2, -0.15) is 0 Å². The van der Waals surface area contributed by atoms with Crippen LogP contribution in [-0.4, -0.2) is 18.1 Å². The van der Waals surface area contributed by atoms with Gasteiger partial charge in [0.05, 0.1) is 7.11 Å². The van der Waals surface area contributed by atoms with Gasteiger partial charge in [0.25, 0.3) is 0 Å². The van der Waals surface area contributed by atoms with E-state index in [0.29, 0.717) is 12.0 Å². The first-order valence-electron chi connectivity index (χ1n) is 7.10. The van der Waals surface area contributed by atoms with E-state index in [1.54, 1.807) is 7.11 Å². The Balaban J connectivity index is 2.06. The number of aromatic amines is 1. The van der Waals surface area contributed by atoms with Gasteiger partial charge in [-0.25, -0.2) is 0 Å². The van der Waals surface area contributed by atoms with E-state index in [1.165, 1.54) is 41.3 Å². The molecule has 3 N–H and O–H groups in total. The van der Waals surface area contributed by atoms with Gasteiger partial charge in [0, 0.05) is 23.1 Å². The molecule has 1 aromatic heterocycles. The maximum Gasteiger partial charge on any atom is 0.119 e. The summed E-state index contributed by atoms with van der Waals surface area (Å²) in [7, 11) is 1.73. The van der Waals surface area contributed by atoms with Crippen LogP contribution in [0.15, 0.2) is 18.3 Å². The number of fused-ring (bicyclic) bond motifs is 1. The summed E-state index contributed by atoms with van der Waals surface area (Å²) in [5, 5.41) is 1.30. The summed E-state index contributed by atoms with van der Waals surface area (Å²) in [5.41, 5.74) is 10.0. The number of rotatable bonds is 2. The van der Waals surface area contributed by atoms with E-state index in [9.17, 15) is 0 Å². The topological polar surface area (TPSA) is 51.0 Å². The average Bonchev–Trinajstić information content (AvgIpc) is 2.83. The number of ether oxygens (including phenoxy) is 1. The molecule has 3 heteroatoms. The van der Waals surface area contributed by atoms with Crippen LogP contribution in [0.25, 0.3) is 10.9 Å². The molecule has 1 aromatic carbocycles. The minimum Gasteiger partial charge on any atom is -0.497 e. The fourth-order valence-corrected chi connectivity index (χ4v) is 3.37. The monoisotopic (exact) mass is 258 g/mol. The molecule has 0 amide bonds. The van der Waals surface area contributed by atoms with Crippen LogP contribution in [-0.2, 0) is 0 Å². The first-order valence-corrected chi connectivity index (χ1v) is 7.10. The summed E-state index contributed by atoms with van der Waals surface area (Å²) in [4.78, 5) is 3.42. The number of aromatic nitrogens is 1. The Kier molecular flexibility index (Phi) is 3.23. The van der Waals surface area contributed by atoms with Gasteiger partial charge < -0.3 is 15.5 Å². The number of hydrogen-bond acceptors (Lipinski definition) is 2. The van der Waals surface area contributed by atoms with Crippen molar-refractivity contribution >= 4 is 10.9 Å². The first kappa shape index (κ1) is 12.5. The molecule has 102 valence electrons. The van der Waals surface area contributed by atoms with Crippen molar-refractivity contribution in [3.63, 3.8) is 0 Å². The third kappa shape index (κ3) is 2.23. The lowest BCUT2D eigenvalue weighted by Gasteiger charge is -2.26. The van der Waals surface area contributed by atoms with Crippen molar-refractivity contribution in [2.75, 3.05) is 7.11 Å². The zero-order chi connectivity index (χ0) is 13.4. The Bertz CT molecular complexity index is 588. The lowest BCUT2D eigenvalue weighted by molar-refractivity contribution is 0.394. The van der Waals surface area contributed by atoms with Gasteiger partial charge in [0.2, 0.25) is 0 Å². The third-order valence-electron chi connectivity index (χ3n) is 4.38. The highest BCUT2D eigenvalue weighted by Crippen LogP contribution is 2.38. The van der Waals surface area contributed by atoms with Crippen LogP contribution < -0.4 is 10.5 Å². The molecule has 19 heavy (non-hydrogen) atoms. The lowest BCUT2D eigenvalue weighted by atomic mass is 9.81. The van der Waals surface area contributed by atoms with Crippen molar-refractivity contribution in [3.8, 4) is 5.75 Å². The molecular weight excluding hydrogens is 236 g/mol.